The molecule has 5 heteroatoms. The maximum Gasteiger partial charge on any atom is 0.283 e. The van der Waals surface area contributed by atoms with Gasteiger partial charge in [0.15, 0.2) is 0 Å². The van der Waals surface area contributed by atoms with E-state index in [1.807, 2.05) is 6.92 Å². The van der Waals surface area contributed by atoms with Gasteiger partial charge >= 0.3 is 0 Å². The topological polar surface area (TPSA) is 46.9 Å². The quantitative estimate of drug-likeness (QED) is 0.933. The van der Waals surface area contributed by atoms with Crippen LogP contribution in [0.15, 0.2) is 15.5 Å². The van der Waals surface area contributed by atoms with Crippen LogP contribution in [-0.2, 0) is 6.54 Å². The lowest BCUT2D eigenvalue weighted by atomic mass is 9.87. The second kappa shape index (κ2) is 5.03. The van der Waals surface area contributed by atoms with E-state index in [1.54, 1.807) is 6.20 Å². The normalized spacial score (nSPS) is 22.1. The van der Waals surface area contributed by atoms with Gasteiger partial charge in [-0.25, -0.2) is 4.68 Å². The lowest BCUT2D eigenvalue weighted by Gasteiger charge is -2.28. The molecule has 0 spiro atoms. The molecule has 2 rings (SSSR count). The molecule has 1 aromatic heterocycles. The number of nitrogens with zero attached hydrogens (tertiary/aromatic N) is 2. The Balaban J connectivity index is 2.25. The third-order valence-electron chi connectivity index (χ3n) is 3.87. The minimum Gasteiger partial charge on any atom is -0.379 e. The van der Waals surface area contributed by atoms with Crippen molar-refractivity contribution in [2.45, 2.75) is 52.6 Å². The molecule has 1 fully saturated rings. The summed E-state index contributed by atoms with van der Waals surface area (Å²) in [6, 6.07) is 0.410. The SMILES string of the molecule is CCn1ncc(NC2CCCC2(C)C)c(Br)c1=O. The van der Waals surface area contributed by atoms with E-state index < -0.39 is 0 Å². The van der Waals surface area contributed by atoms with Gasteiger partial charge in [0.25, 0.3) is 5.56 Å². The van der Waals surface area contributed by atoms with E-state index in [1.165, 1.54) is 17.5 Å². The summed E-state index contributed by atoms with van der Waals surface area (Å²) in [6.45, 7) is 7.04. The average Bonchev–Trinajstić information content (AvgIpc) is 2.65. The first-order valence-corrected chi connectivity index (χ1v) is 7.27. The fourth-order valence-corrected chi connectivity index (χ4v) is 2.99. The molecule has 0 aliphatic heterocycles. The molecule has 0 saturated heterocycles. The number of hydrogen-bond donors (Lipinski definition) is 1. The minimum absolute atomic E-state index is 0.0710. The van der Waals surface area contributed by atoms with Crippen LogP contribution in [0.5, 0.6) is 0 Å². The Morgan fingerprint density at radius 3 is 2.89 bits per heavy atom. The second-order valence-corrected chi connectivity index (χ2v) is 6.36. The first-order valence-electron chi connectivity index (χ1n) is 6.48. The van der Waals surface area contributed by atoms with Crippen LogP contribution >= 0.6 is 15.9 Å². The third kappa shape index (κ3) is 2.46. The Morgan fingerprint density at radius 2 is 2.33 bits per heavy atom. The van der Waals surface area contributed by atoms with Gasteiger partial charge in [-0.2, -0.15) is 5.10 Å². The van der Waals surface area contributed by atoms with Crippen LogP contribution in [0.1, 0.15) is 40.0 Å². The summed E-state index contributed by atoms with van der Waals surface area (Å²) >= 11 is 3.38. The zero-order chi connectivity index (χ0) is 13.3. The van der Waals surface area contributed by atoms with Crippen molar-refractivity contribution in [3.63, 3.8) is 0 Å². The predicted octanol–water partition coefficient (Wildman–Crippen LogP) is 3.02. The van der Waals surface area contributed by atoms with Crippen molar-refractivity contribution in [1.82, 2.24) is 9.78 Å². The molecule has 1 aliphatic rings. The van der Waals surface area contributed by atoms with Crippen LogP contribution in [0.4, 0.5) is 5.69 Å². The molecule has 100 valence electrons. The Morgan fingerprint density at radius 1 is 1.61 bits per heavy atom. The number of rotatable bonds is 3. The molecule has 1 unspecified atom stereocenters. The Kier molecular flexibility index (Phi) is 3.80. The number of halogens is 1. The zero-order valence-electron chi connectivity index (χ0n) is 11.2. The highest BCUT2D eigenvalue weighted by atomic mass is 79.9. The number of hydrogen-bond acceptors (Lipinski definition) is 3. The monoisotopic (exact) mass is 313 g/mol. The van der Waals surface area contributed by atoms with Crippen molar-refractivity contribution >= 4 is 21.6 Å². The first-order chi connectivity index (χ1) is 8.45. The molecule has 1 N–H and O–H groups in total. The highest BCUT2D eigenvalue weighted by molar-refractivity contribution is 9.10. The fraction of sp³-hybridized carbons (Fsp3) is 0.692. The molecule has 1 aliphatic carbocycles. The van der Waals surface area contributed by atoms with E-state index >= 15 is 0 Å². The molecule has 0 aromatic carbocycles. The second-order valence-electron chi connectivity index (χ2n) is 5.57. The Labute approximate surface area is 116 Å². The largest absolute Gasteiger partial charge is 0.379 e. The first kappa shape index (κ1) is 13.6. The summed E-state index contributed by atoms with van der Waals surface area (Å²) < 4.78 is 2.04. The summed E-state index contributed by atoms with van der Waals surface area (Å²) in [7, 11) is 0. The third-order valence-corrected chi connectivity index (χ3v) is 4.64. The van der Waals surface area contributed by atoms with Crippen LogP contribution in [-0.4, -0.2) is 15.8 Å². The van der Waals surface area contributed by atoms with Gasteiger partial charge in [-0.05, 0) is 41.1 Å². The standard InChI is InChI=1S/C13H20BrN3O/c1-4-17-12(18)11(14)9(8-15-17)16-10-6-5-7-13(10,2)3/h8,10,16H,4-7H2,1-3H3. The number of nitrogens with one attached hydrogen (secondary N) is 1. The van der Waals surface area contributed by atoms with E-state index in [4.69, 9.17) is 0 Å². The summed E-state index contributed by atoms with van der Waals surface area (Å²) in [5, 5.41) is 7.63. The fourth-order valence-electron chi connectivity index (χ4n) is 2.57. The number of anilines is 1. The van der Waals surface area contributed by atoms with Crippen molar-refractivity contribution < 1.29 is 0 Å². The van der Waals surface area contributed by atoms with Crippen LogP contribution in [0, 0.1) is 5.41 Å². The van der Waals surface area contributed by atoms with Crippen molar-refractivity contribution in [3.8, 4) is 0 Å². The van der Waals surface area contributed by atoms with E-state index in [9.17, 15) is 4.79 Å². The van der Waals surface area contributed by atoms with Gasteiger partial charge in [-0.15, -0.1) is 0 Å². The molecule has 1 saturated carbocycles. The van der Waals surface area contributed by atoms with Gasteiger partial charge in [0.05, 0.1) is 11.9 Å². The van der Waals surface area contributed by atoms with Crippen LogP contribution in [0.25, 0.3) is 0 Å². The molecular weight excluding hydrogens is 294 g/mol. The van der Waals surface area contributed by atoms with E-state index in [2.05, 4.69) is 40.2 Å². The van der Waals surface area contributed by atoms with Gasteiger partial charge in [0.2, 0.25) is 0 Å². The van der Waals surface area contributed by atoms with Gasteiger partial charge in [-0.1, -0.05) is 20.3 Å². The maximum atomic E-state index is 12.0. The van der Waals surface area contributed by atoms with Gasteiger partial charge in [0.1, 0.15) is 4.47 Å². The number of aromatic nitrogens is 2. The van der Waals surface area contributed by atoms with Crippen molar-refractivity contribution in [2.75, 3.05) is 5.32 Å². The van der Waals surface area contributed by atoms with Crippen LogP contribution in [0.2, 0.25) is 0 Å². The van der Waals surface area contributed by atoms with Crippen LogP contribution in [0.3, 0.4) is 0 Å². The molecule has 1 heterocycles. The van der Waals surface area contributed by atoms with Crippen molar-refractivity contribution in [1.29, 1.82) is 0 Å². The van der Waals surface area contributed by atoms with Crippen molar-refractivity contribution in [3.05, 3.63) is 21.0 Å². The predicted molar refractivity (Wildman–Crippen MR) is 76.9 cm³/mol. The van der Waals surface area contributed by atoms with Gasteiger partial charge < -0.3 is 5.32 Å². The van der Waals surface area contributed by atoms with Gasteiger partial charge in [0, 0.05) is 12.6 Å². The van der Waals surface area contributed by atoms with E-state index in [0.717, 1.165) is 12.1 Å². The molecule has 0 radical (unpaired) electrons. The summed E-state index contributed by atoms with van der Waals surface area (Å²) in [5.41, 5.74) is 1.02. The Bertz CT molecular complexity index is 495. The summed E-state index contributed by atoms with van der Waals surface area (Å²) in [5.74, 6) is 0. The lowest BCUT2D eigenvalue weighted by Crippen LogP contribution is -2.32. The van der Waals surface area contributed by atoms with Gasteiger partial charge in [-0.3, -0.25) is 4.79 Å². The highest BCUT2D eigenvalue weighted by Crippen LogP contribution is 2.39. The van der Waals surface area contributed by atoms with Crippen LogP contribution < -0.4 is 10.9 Å². The van der Waals surface area contributed by atoms with E-state index in [-0.39, 0.29) is 11.0 Å². The molecule has 0 bridgehead atoms. The molecule has 1 atom stereocenters. The van der Waals surface area contributed by atoms with E-state index in [0.29, 0.717) is 17.1 Å². The molecule has 18 heavy (non-hydrogen) atoms. The van der Waals surface area contributed by atoms with Crippen molar-refractivity contribution in [2.24, 2.45) is 5.41 Å². The summed E-state index contributed by atoms with van der Waals surface area (Å²) in [4.78, 5) is 12.0. The minimum atomic E-state index is -0.0710. The maximum absolute atomic E-state index is 12.0. The molecule has 0 amide bonds. The molecule has 1 aromatic rings. The molecular formula is C13H20BrN3O. The smallest absolute Gasteiger partial charge is 0.283 e. The number of aryl methyl sites for hydroxylation is 1. The lowest BCUT2D eigenvalue weighted by molar-refractivity contribution is 0.349. The highest BCUT2D eigenvalue weighted by Gasteiger charge is 2.34. The Hall–Kier alpha value is -0.840. The summed E-state index contributed by atoms with van der Waals surface area (Å²) in [6.07, 6.45) is 5.35. The zero-order valence-corrected chi connectivity index (χ0v) is 12.7. The molecule has 4 nitrogen and oxygen atoms in total. The average molecular weight is 314 g/mol.